The molecule has 2 amide bonds. The van der Waals surface area contributed by atoms with Gasteiger partial charge in [0.2, 0.25) is 11.8 Å². The number of nitrogens with zero attached hydrogens (tertiary/aromatic N) is 4. The Kier molecular flexibility index (Phi) is 6.70. The zero-order valence-corrected chi connectivity index (χ0v) is 20.0. The molecule has 3 aromatic heterocycles. The van der Waals surface area contributed by atoms with Crippen LogP contribution in [0.3, 0.4) is 0 Å². The van der Waals surface area contributed by atoms with Crippen LogP contribution in [0.1, 0.15) is 42.5 Å². The van der Waals surface area contributed by atoms with Crippen LogP contribution >= 0.6 is 0 Å². The largest absolute Gasteiger partial charge is 0.481 e. The first-order valence-corrected chi connectivity index (χ1v) is 12.1. The lowest BCUT2D eigenvalue weighted by atomic mass is 9.90. The van der Waals surface area contributed by atoms with Gasteiger partial charge in [-0.2, -0.15) is 5.10 Å². The number of hydrogen-bond acceptors (Lipinski definition) is 9. The Morgan fingerprint density at radius 1 is 1.17 bits per heavy atom. The first-order chi connectivity index (χ1) is 17.4. The van der Waals surface area contributed by atoms with E-state index in [2.05, 4.69) is 31.0 Å². The summed E-state index contributed by atoms with van der Waals surface area (Å²) < 4.78 is 6.84. The number of hydrogen-bond donors (Lipinski definition) is 5. The van der Waals surface area contributed by atoms with Crippen LogP contribution in [0.4, 0.5) is 5.82 Å². The molecular formula is C24H30N8O4. The molecule has 36 heavy (non-hydrogen) atoms. The van der Waals surface area contributed by atoms with E-state index in [-0.39, 0.29) is 35.8 Å². The number of ether oxygens (including phenoxy) is 1. The molecule has 1 aliphatic heterocycles. The van der Waals surface area contributed by atoms with Gasteiger partial charge in [0, 0.05) is 36.5 Å². The molecule has 2 fully saturated rings. The highest BCUT2D eigenvalue weighted by atomic mass is 16.5. The molecule has 4 heterocycles. The summed E-state index contributed by atoms with van der Waals surface area (Å²) in [6, 6.07) is 5.00. The fourth-order valence-corrected chi connectivity index (χ4v) is 4.99. The molecule has 190 valence electrons. The lowest BCUT2D eigenvalue weighted by molar-refractivity contribution is -0.123. The number of carbonyl (C=O) groups excluding carboxylic acids is 2. The first kappa shape index (κ1) is 23.9. The predicted molar refractivity (Wildman–Crippen MR) is 131 cm³/mol. The topological polar surface area (TPSA) is 169 Å². The minimum Gasteiger partial charge on any atom is -0.481 e. The van der Waals surface area contributed by atoms with Crippen LogP contribution in [-0.2, 0) is 4.79 Å². The molecule has 3 aromatic rings. The van der Waals surface area contributed by atoms with Gasteiger partial charge < -0.3 is 31.5 Å². The van der Waals surface area contributed by atoms with Gasteiger partial charge >= 0.3 is 0 Å². The van der Waals surface area contributed by atoms with Crippen LogP contribution in [-0.4, -0.2) is 74.4 Å². The smallest absolute Gasteiger partial charge is 0.253 e. The van der Waals surface area contributed by atoms with E-state index < -0.39 is 6.10 Å². The van der Waals surface area contributed by atoms with E-state index in [9.17, 15) is 14.7 Å². The molecule has 0 spiro atoms. The van der Waals surface area contributed by atoms with Gasteiger partial charge in [0.25, 0.3) is 5.91 Å². The molecule has 6 N–H and O–H groups in total. The number of amides is 2. The minimum absolute atomic E-state index is 0.0256. The molecule has 0 unspecified atom stereocenters. The Balaban J connectivity index is 1.27. The molecule has 1 saturated carbocycles. The lowest BCUT2D eigenvalue weighted by Crippen LogP contribution is -2.48. The van der Waals surface area contributed by atoms with Crippen LogP contribution in [0.15, 0.2) is 30.7 Å². The number of rotatable bonds is 6. The molecule has 1 aliphatic carbocycles. The molecule has 12 heteroatoms. The van der Waals surface area contributed by atoms with Crippen LogP contribution in [0.25, 0.3) is 16.8 Å². The van der Waals surface area contributed by atoms with Crippen molar-refractivity contribution in [1.29, 1.82) is 0 Å². The Bertz CT molecular complexity index is 1270. The third-order valence-electron chi connectivity index (χ3n) is 6.90. The molecule has 2 atom stereocenters. The molecule has 12 nitrogen and oxygen atoms in total. The number of aromatic nitrogens is 4. The van der Waals surface area contributed by atoms with Gasteiger partial charge in [-0.3, -0.25) is 9.59 Å². The maximum Gasteiger partial charge on any atom is 0.253 e. The fourth-order valence-electron chi connectivity index (χ4n) is 4.99. The molecule has 2 aliphatic rings. The van der Waals surface area contributed by atoms with Crippen LogP contribution in [0, 0.1) is 0 Å². The highest BCUT2D eigenvalue weighted by molar-refractivity contribution is 6.05. The van der Waals surface area contributed by atoms with Crippen molar-refractivity contribution in [3.05, 3.63) is 36.3 Å². The van der Waals surface area contributed by atoms with E-state index in [1.54, 1.807) is 22.8 Å². The van der Waals surface area contributed by atoms with Crippen molar-refractivity contribution >= 4 is 23.1 Å². The molecule has 0 aromatic carbocycles. The number of nitrogens with two attached hydrogens (primary N) is 1. The van der Waals surface area contributed by atoms with Crippen molar-refractivity contribution in [2.45, 2.75) is 56.3 Å². The van der Waals surface area contributed by atoms with Gasteiger partial charge in [0.1, 0.15) is 11.8 Å². The summed E-state index contributed by atoms with van der Waals surface area (Å²) in [5.74, 6) is 0.326. The van der Waals surface area contributed by atoms with Crippen molar-refractivity contribution in [1.82, 2.24) is 35.5 Å². The molecule has 0 radical (unpaired) electrons. The van der Waals surface area contributed by atoms with Crippen molar-refractivity contribution in [3.63, 3.8) is 0 Å². The van der Waals surface area contributed by atoms with E-state index in [0.29, 0.717) is 35.6 Å². The summed E-state index contributed by atoms with van der Waals surface area (Å²) >= 11 is 0. The Hall–Kier alpha value is -3.77. The first-order valence-electron chi connectivity index (χ1n) is 12.1. The number of nitrogen functional groups attached to an aromatic ring is 1. The number of aliphatic hydroxyl groups excluding tert-OH is 1. The van der Waals surface area contributed by atoms with Crippen LogP contribution < -0.4 is 26.4 Å². The number of carbonyl (C=O) groups is 2. The van der Waals surface area contributed by atoms with Gasteiger partial charge in [-0.15, -0.1) is 0 Å². The second-order valence-electron chi connectivity index (χ2n) is 9.32. The highest BCUT2D eigenvalue weighted by Gasteiger charge is 2.31. The van der Waals surface area contributed by atoms with E-state index in [0.717, 1.165) is 31.2 Å². The lowest BCUT2D eigenvalue weighted by Gasteiger charge is -2.30. The average Bonchev–Trinajstić information content (AvgIpc) is 3.50. The van der Waals surface area contributed by atoms with Crippen LogP contribution in [0.2, 0.25) is 0 Å². The zero-order valence-electron chi connectivity index (χ0n) is 20.0. The molecule has 0 bridgehead atoms. The summed E-state index contributed by atoms with van der Waals surface area (Å²) in [6.07, 6.45) is 5.93. The Morgan fingerprint density at radius 2 is 1.92 bits per heavy atom. The standard InChI is InChI=1S/C24H30N8O4/c1-36-20-8-13(6-7-26-20)19-10-17(21-22(25)28-12-29-32(19)21)23(34)30-14-2-4-15(5-3-14)31-24(35)18-9-16(33)11-27-18/h6-8,10,12,14-16,18,27,33H,2-5,9,11H2,1H3,(H,30,34)(H,31,35)(H2,25,28,29)/t14-,15-,16-,18-/m1/s1. The van der Waals surface area contributed by atoms with E-state index in [1.807, 2.05) is 6.07 Å². The normalized spacial score (nSPS) is 23.9. The van der Waals surface area contributed by atoms with E-state index in [1.165, 1.54) is 13.4 Å². The summed E-state index contributed by atoms with van der Waals surface area (Å²) in [5, 5.41) is 23.2. The number of β-amino-alcohol motifs (C(OH)–C–C–N with tert-alkyl or cyclic N) is 1. The molecule has 5 rings (SSSR count). The maximum absolute atomic E-state index is 13.3. The van der Waals surface area contributed by atoms with Crippen molar-refractivity contribution in [2.24, 2.45) is 0 Å². The van der Waals surface area contributed by atoms with Crippen molar-refractivity contribution in [2.75, 3.05) is 19.4 Å². The Morgan fingerprint density at radius 3 is 2.61 bits per heavy atom. The number of pyridine rings is 1. The number of methoxy groups -OCH3 is 1. The quantitative estimate of drug-likeness (QED) is 0.323. The van der Waals surface area contributed by atoms with Crippen molar-refractivity contribution in [3.8, 4) is 17.1 Å². The van der Waals surface area contributed by atoms with E-state index >= 15 is 0 Å². The minimum atomic E-state index is -0.474. The summed E-state index contributed by atoms with van der Waals surface area (Å²) in [6.45, 7) is 0.442. The van der Waals surface area contributed by atoms with Gasteiger partial charge in [-0.1, -0.05) is 0 Å². The van der Waals surface area contributed by atoms with Crippen LogP contribution in [0.5, 0.6) is 5.88 Å². The number of anilines is 1. The number of aliphatic hydroxyl groups is 1. The van der Waals surface area contributed by atoms with Gasteiger partial charge in [0.15, 0.2) is 5.82 Å². The fraction of sp³-hybridized carbons (Fsp3) is 0.458. The highest BCUT2D eigenvalue weighted by Crippen LogP contribution is 2.29. The Labute approximate surface area is 207 Å². The number of nitrogens with one attached hydrogen (secondary N) is 3. The summed E-state index contributed by atoms with van der Waals surface area (Å²) in [5.41, 5.74) is 8.42. The maximum atomic E-state index is 13.3. The second kappa shape index (κ2) is 10.1. The zero-order chi connectivity index (χ0) is 25.2. The second-order valence-corrected chi connectivity index (χ2v) is 9.32. The van der Waals surface area contributed by atoms with Crippen molar-refractivity contribution < 1.29 is 19.4 Å². The third kappa shape index (κ3) is 4.82. The average molecular weight is 495 g/mol. The van der Waals surface area contributed by atoms with E-state index in [4.69, 9.17) is 10.5 Å². The van der Waals surface area contributed by atoms with Gasteiger partial charge in [-0.05, 0) is 44.2 Å². The molecular weight excluding hydrogens is 464 g/mol. The predicted octanol–water partition coefficient (Wildman–Crippen LogP) is 0.262. The summed E-state index contributed by atoms with van der Waals surface area (Å²) in [4.78, 5) is 34.0. The summed E-state index contributed by atoms with van der Waals surface area (Å²) in [7, 11) is 1.54. The molecule has 1 saturated heterocycles. The SMILES string of the molecule is COc1cc(-c2cc(C(=O)N[C@H]3CC[C@H](NC(=O)[C@H]4C[C@@H](O)CN4)CC3)c3c(N)ncnn23)ccn1. The monoisotopic (exact) mass is 494 g/mol. The van der Waals surface area contributed by atoms with Gasteiger partial charge in [-0.25, -0.2) is 14.5 Å². The number of fused-ring (bicyclic) bond motifs is 1. The third-order valence-corrected chi connectivity index (χ3v) is 6.90. The van der Waals surface area contributed by atoms with Gasteiger partial charge in [0.05, 0.1) is 30.5 Å².